The first-order valence-corrected chi connectivity index (χ1v) is 19.4. The fraction of sp³-hybridized carbons (Fsp3) is 0.465. The van der Waals surface area contributed by atoms with Crippen LogP contribution in [0.3, 0.4) is 0 Å². The van der Waals surface area contributed by atoms with Gasteiger partial charge in [-0.3, -0.25) is 14.7 Å². The molecular formula is C43H50N6O6. The lowest BCUT2D eigenvalue weighted by molar-refractivity contribution is -0.135. The average molecular weight is 747 g/mol. The van der Waals surface area contributed by atoms with Crippen LogP contribution in [0.1, 0.15) is 83.8 Å². The number of fused-ring (bicyclic) bond motifs is 6. The van der Waals surface area contributed by atoms with Crippen LogP contribution in [0.25, 0.3) is 33.2 Å². The van der Waals surface area contributed by atoms with Crippen LogP contribution in [0.4, 0.5) is 15.3 Å². The molecule has 0 bridgehead atoms. The molecule has 12 heteroatoms. The van der Waals surface area contributed by atoms with Crippen molar-refractivity contribution in [3.63, 3.8) is 0 Å². The van der Waals surface area contributed by atoms with Crippen LogP contribution in [-0.2, 0) is 27.3 Å². The van der Waals surface area contributed by atoms with Gasteiger partial charge < -0.3 is 29.4 Å². The second kappa shape index (κ2) is 14.0. The number of methoxy groups -OCH3 is 1. The molecule has 12 nitrogen and oxygen atoms in total. The molecule has 2 fully saturated rings. The predicted octanol–water partition coefficient (Wildman–Crippen LogP) is 8.11. The molecular weight excluding hydrogens is 697 g/mol. The summed E-state index contributed by atoms with van der Waals surface area (Å²) < 4.78 is 17.0. The minimum atomic E-state index is -0.688. The number of nitrogens with one attached hydrogen (secondary N) is 2. The standard InChI is InChI=1S/C43H50N6O6/c1-23(2)38(47-41(51)53-7)40(50)48-14-8-9-35(48)39-44-20-34(46-39)26-10-12-28-27(16-26)22-54-37-19-29-25(17-31(28)37)11-13-32-30(29)18-33(45-32)36-15-24(3)21-49(36)42(52)55-43(4,5)6/h10-13,16-17,19-20,23-24,35-36,38H,8-9,14-15,18,21-22H2,1-7H3,(H,44,46)(H,47,51)/t24-,35?,36-,38-/m0/s1. The lowest BCUT2D eigenvalue weighted by Crippen LogP contribution is -2.51. The first-order chi connectivity index (χ1) is 26.3. The first kappa shape index (κ1) is 36.6. The maximum Gasteiger partial charge on any atom is 0.410 e. The van der Waals surface area contributed by atoms with E-state index in [1.807, 2.05) is 50.6 Å². The lowest BCUT2D eigenvalue weighted by Gasteiger charge is -2.30. The molecule has 4 aliphatic heterocycles. The van der Waals surface area contributed by atoms with Crippen molar-refractivity contribution in [2.24, 2.45) is 16.8 Å². The van der Waals surface area contributed by atoms with E-state index >= 15 is 0 Å². The first-order valence-electron chi connectivity index (χ1n) is 19.4. The van der Waals surface area contributed by atoms with Gasteiger partial charge in [0.1, 0.15) is 29.8 Å². The normalized spacial score (nSPS) is 20.8. The number of rotatable bonds is 6. The minimum Gasteiger partial charge on any atom is -0.488 e. The quantitative estimate of drug-likeness (QED) is 0.203. The average Bonchev–Trinajstić information content (AvgIpc) is 3.97. The summed E-state index contributed by atoms with van der Waals surface area (Å²) in [4.78, 5) is 55.8. The van der Waals surface area contributed by atoms with Crippen molar-refractivity contribution >= 4 is 40.3 Å². The zero-order valence-corrected chi connectivity index (χ0v) is 32.7. The number of carbonyl (C=O) groups excluding carboxylic acids is 3. The van der Waals surface area contributed by atoms with E-state index in [9.17, 15) is 14.4 Å². The highest BCUT2D eigenvalue weighted by atomic mass is 16.6. The zero-order valence-electron chi connectivity index (χ0n) is 32.7. The molecule has 1 aromatic heterocycles. The van der Waals surface area contributed by atoms with Gasteiger partial charge in [0.2, 0.25) is 5.91 Å². The molecule has 4 aromatic rings. The maximum absolute atomic E-state index is 13.6. The number of hydrogen-bond donors (Lipinski definition) is 2. The number of aliphatic imine (C=N–C) groups is 1. The summed E-state index contributed by atoms with van der Waals surface area (Å²) in [6, 6.07) is 14.0. The van der Waals surface area contributed by atoms with Crippen molar-refractivity contribution in [1.82, 2.24) is 25.1 Å². The number of imidazole rings is 1. The molecule has 2 N–H and O–H groups in total. The van der Waals surface area contributed by atoms with Crippen LogP contribution >= 0.6 is 0 Å². The highest BCUT2D eigenvalue weighted by Crippen LogP contribution is 2.45. The van der Waals surface area contributed by atoms with Gasteiger partial charge in [-0.15, -0.1) is 0 Å². The van der Waals surface area contributed by atoms with Gasteiger partial charge >= 0.3 is 12.2 Å². The lowest BCUT2D eigenvalue weighted by atomic mass is 9.90. The second-order valence-electron chi connectivity index (χ2n) is 16.8. The summed E-state index contributed by atoms with van der Waals surface area (Å²) in [5.41, 5.74) is 7.68. The second-order valence-corrected chi connectivity index (χ2v) is 16.8. The Morgan fingerprint density at radius 2 is 1.85 bits per heavy atom. The number of aromatic nitrogens is 2. The number of nitrogens with zero attached hydrogens (tertiary/aromatic N) is 4. The van der Waals surface area contributed by atoms with E-state index in [1.54, 1.807) is 0 Å². The van der Waals surface area contributed by atoms with Gasteiger partial charge in [0.25, 0.3) is 0 Å². The molecule has 2 saturated heterocycles. The number of benzene rings is 3. The van der Waals surface area contributed by atoms with E-state index in [0.29, 0.717) is 32.0 Å². The van der Waals surface area contributed by atoms with Crippen LogP contribution in [0.15, 0.2) is 53.7 Å². The molecule has 0 aliphatic carbocycles. The highest BCUT2D eigenvalue weighted by Gasteiger charge is 2.41. The number of likely N-dealkylation sites (tertiary alicyclic amines) is 2. The summed E-state index contributed by atoms with van der Waals surface area (Å²) in [6.07, 6.45) is 4.12. The van der Waals surface area contributed by atoms with Crippen molar-refractivity contribution in [1.29, 1.82) is 0 Å². The SMILES string of the molecule is COC(=O)N[C@H](C(=O)N1CCCC1c1ncc(-c2ccc3c(c2)COc2cc4c5c(ccc4cc2-3)N=C([C@@H]2C[C@H](C)CN2C(=O)OC(C)(C)C)C5)[nH]1)C(C)C. The number of ether oxygens (including phenoxy) is 3. The van der Waals surface area contributed by atoms with Gasteiger partial charge in [0.15, 0.2) is 0 Å². The fourth-order valence-electron chi connectivity index (χ4n) is 8.62. The Kier molecular flexibility index (Phi) is 9.33. The third-order valence-electron chi connectivity index (χ3n) is 11.3. The Bertz CT molecular complexity index is 2220. The number of amides is 3. The van der Waals surface area contributed by atoms with E-state index in [2.05, 4.69) is 59.7 Å². The molecule has 288 valence electrons. The number of alkyl carbamates (subject to hydrolysis) is 1. The Morgan fingerprint density at radius 1 is 1.04 bits per heavy atom. The van der Waals surface area contributed by atoms with E-state index in [-0.39, 0.29) is 30.0 Å². The molecule has 4 atom stereocenters. The molecule has 0 spiro atoms. The molecule has 3 aromatic carbocycles. The van der Waals surface area contributed by atoms with Crippen LogP contribution in [0, 0.1) is 11.8 Å². The van der Waals surface area contributed by atoms with E-state index in [4.69, 9.17) is 24.2 Å². The van der Waals surface area contributed by atoms with Gasteiger partial charge in [0, 0.05) is 30.8 Å². The maximum atomic E-state index is 13.6. The monoisotopic (exact) mass is 746 g/mol. The molecule has 0 radical (unpaired) electrons. The predicted molar refractivity (Wildman–Crippen MR) is 210 cm³/mol. The zero-order chi connectivity index (χ0) is 38.8. The van der Waals surface area contributed by atoms with Gasteiger partial charge in [-0.1, -0.05) is 39.0 Å². The van der Waals surface area contributed by atoms with E-state index in [1.165, 1.54) is 12.7 Å². The molecule has 55 heavy (non-hydrogen) atoms. The third kappa shape index (κ3) is 6.91. The van der Waals surface area contributed by atoms with Gasteiger partial charge in [0.05, 0.1) is 36.8 Å². The Balaban J connectivity index is 1.01. The summed E-state index contributed by atoms with van der Waals surface area (Å²) >= 11 is 0. The van der Waals surface area contributed by atoms with Crippen molar-refractivity contribution in [3.05, 3.63) is 65.6 Å². The van der Waals surface area contributed by atoms with Crippen LogP contribution < -0.4 is 10.1 Å². The molecule has 8 rings (SSSR count). The van der Waals surface area contributed by atoms with Crippen molar-refractivity contribution in [2.45, 2.75) is 97.6 Å². The van der Waals surface area contributed by atoms with Crippen molar-refractivity contribution in [2.75, 3.05) is 20.2 Å². The molecule has 0 saturated carbocycles. The van der Waals surface area contributed by atoms with Gasteiger partial charge in [-0.05, 0) is 109 Å². The van der Waals surface area contributed by atoms with Crippen LogP contribution in [0.2, 0.25) is 0 Å². The highest BCUT2D eigenvalue weighted by molar-refractivity contribution is 6.06. The molecule has 3 amide bonds. The topological polar surface area (TPSA) is 138 Å². The number of carbonyl (C=O) groups is 3. The van der Waals surface area contributed by atoms with Crippen molar-refractivity contribution < 1.29 is 28.6 Å². The third-order valence-corrected chi connectivity index (χ3v) is 11.3. The Morgan fingerprint density at radius 3 is 2.62 bits per heavy atom. The summed E-state index contributed by atoms with van der Waals surface area (Å²) in [5.74, 6) is 1.70. The smallest absolute Gasteiger partial charge is 0.410 e. The number of H-pyrrole nitrogens is 1. The number of hydrogen-bond acceptors (Lipinski definition) is 8. The van der Waals surface area contributed by atoms with Gasteiger partial charge in [-0.2, -0.15) is 0 Å². The summed E-state index contributed by atoms with van der Waals surface area (Å²) in [5, 5.41) is 4.95. The molecule has 1 unspecified atom stereocenters. The summed E-state index contributed by atoms with van der Waals surface area (Å²) in [7, 11) is 1.30. The van der Waals surface area contributed by atoms with E-state index < -0.39 is 17.7 Å². The minimum absolute atomic E-state index is 0.0830. The molecule has 4 aliphatic rings. The molecule has 5 heterocycles. The van der Waals surface area contributed by atoms with Gasteiger partial charge in [-0.25, -0.2) is 14.6 Å². The summed E-state index contributed by atoms with van der Waals surface area (Å²) in [6.45, 7) is 13.4. The van der Waals surface area contributed by atoms with Crippen LogP contribution in [0.5, 0.6) is 5.75 Å². The van der Waals surface area contributed by atoms with Crippen molar-refractivity contribution in [3.8, 4) is 28.1 Å². The Labute approximate surface area is 321 Å². The largest absolute Gasteiger partial charge is 0.488 e. The van der Waals surface area contributed by atoms with E-state index in [0.717, 1.165) is 81.0 Å². The van der Waals surface area contributed by atoms with Crippen LogP contribution in [-0.4, -0.2) is 81.5 Å². The number of aromatic amines is 1. The fourth-order valence-corrected chi connectivity index (χ4v) is 8.62. The Hall–Kier alpha value is -5.39.